The molecule has 0 aliphatic rings. The van der Waals surface area contributed by atoms with Crippen molar-refractivity contribution in [2.75, 3.05) is 11.5 Å². The van der Waals surface area contributed by atoms with Gasteiger partial charge in [0.05, 0.1) is 11.0 Å². The van der Waals surface area contributed by atoms with E-state index < -0.39 is 0 Å². The summed E-state index contributed by atoms with van der Waals surface area (Å²) in [4.78, 5) is 0. The minimum Gasteiger partial charge on any atom is -0.399 e. The van der Waals surface area contributed by atoms with Crippen LogP contribution in [0.2, 0.25) is 0 Å². The van der Waals surface area contributed by atoms with Crippen molar-refractivity contribution in [1.29, 1.82) is 0 Å². The van der Waals surface area contributed by atoms with Crippen molar-refractivity contribution < 1.29 is 0 Å². The van der Waals surface area contributed by atoms with E-state index in [2.05, 4.69) is 94.3 Å². The van der Waals surface area contributed by atoms with Crippen LogP contribution in [0.4, 0.5) is 11.4 Å². The van der Waals surface area contributed by atoms with Gasteiger partial charge >= 0.3 is 0 Å². The van der Waals surface area contributed by atoms with Crippen molar-refractivity contribution >= 4 is 33.2 Å². The zero-order valence-electron chi connectivity index (χ0n) is 19.0. The van der Waals surface area contributed by atoms with E-state index in [9.17, 15) is 0 Å². The first-order valence-corrected chi connectivity index (χ1v) is 11.4. The molecule has 0 fully saturated rings. The van der Waals surface area contributed by atoms with Gasteiger partial charge in [0, 0.05) is 36.9 Å². The molecule has 0 aliphatic heterocycles. The van der Waals surface area contributed by atoms with Crippen LogP contribution in [0.15, 0.2) is 122 Å². The molecule has 34 heavy (non-hydrogen) atoms. The lowest BCUT2D eigenvalue weighted by atomic mass is 10.2. The molecule has 2 heterocycles. The quantitative estimate of drug-likeness (QED) is 0.303. The Bertz CT molecular complexity index is 1390. The van der Waals surface area contributed by atoms with Gasteiger partial charge in [0.25, 0.3) is 0 Å². The van der Waals surface area contributed by atoms with Gasteiger partial charge in [0.1, 0.15) is 0 Å². The highest BCUT2D eigenvalue weighted by Gasteiger charge is 2.03. The minimum atomic E-state index is 0.811. The fourth-order valence-electron chi connectivity index (χ4n) is 4.24. The molecule has 0 atom stereocenters. The maximum absolute atomic E-state index is 5.83. The molecule has 4 nitrogen and oxygen atoms in total. The average molecular weight is 445 g/mol. The third-order valence-corrected chi connectivity index (χ3v) is 5.99. The smallest absolute Gasteiger partial charge is 0.0504 e. The van der Waals surface area contributed by atoms with Gasteiger partial charge in [-0.15, -0.1) is 0 Å². The first-order chi connectivity index (χ1) is 16.7. The van der Waals surface area contributed by atoms with Gasteiger partial charge in [-0.1, -0.05) is 72.8 Å². The van der Waals surface area contributed by atoms with Crippen molar-refractivity contribution in [3.8, 4) is 0 Å². The van der Waals surface area contributed by atoms with Gasteiger partial charge in [-0.05, 0) is 58.3 Å². The van der Waals surface area contributed by atoms with Gasteiger partial charge in [-0.2, -0.15) is 0 Å². The number of nitrogens with two attached hydrogens (primary N) is 2. The van der Waals surface area contributed by atoms with Gasteiger partial charge in [-0.3, -0.25) is 0 Å². The Balaban J connectivity index is 0.000000142. The molecular formula is C30H28N4. The zero-order chi connectivity index (χ0) is 23.3. The second kappa shape index (κ2) is 9.59. The number of nitrogens with zero attached hydrogens (tertiary/aromatic N) is 2. The molecule has 4 aromatic carbocycles. The zero-order valence-corrected chi connectivity index (χ0v) is 19.0. The van der Waals surface area contributed by atoms with Crippen LogP contribution in [-0.4, -0.2) is 9.13 Å². The van der Waals surface area contributed by atoms with Crippen LogP contribution < -0.4 is 11.5 Å². The molecule has 6 aromatic rings. The SMILES string of the molecule is Nc1ccc2ccn(Cc3ccccc3)c2c1.Nc1ccc2ccn(Cc3ccccc3)c2c1. The topological polar surface area (TPSA) is 61.9 Å². The third-order valence-electron chi connectivity index (χ3n) is 5.99. The molecule has 0 bridgehead atoms. The molecular weight excluding hydrogens is 416 g/mol. The van der Waals surface area contributed by atoms with E-state index >= 15 is 0 Å². The summed E-state index contributed by atoms with van der Waals surface area (Å²) in [5, 5.41) is 2.46. The van der Waals surface area contributed by atoms with Crippen molar-refractivity contribution in [3.05, 3.63) is 133 Å². The first-order valence-electron chi connectivity index (χ1n) is 11.4. The second-order valence-corrected chi connectivity index (χ2v) is 8.49. The van der Waals surface area contributed by atoms with Crippen molar-refractivity contribution in [1.82, 2.24) is 9.13 Å². The molecule has 4 N–H and O–H groups in total. The van der Waals surface area contributed by atoms with Crippen LogP contribution in [0.3, 0.4) is 0 Å². The molecule has 6 rings (SSSR count). The van der Waals surface area contributed by atoms with E-state index in [-0.39, 0.29) is 0 Å². The molecule has 4 heteroatoms. The Morgan fingerprint density at radius 2 is 0.882 bits per heavy atom. The molecule has 0 aliphatic carbocycles. The highest BCUT2D eigenvalue weighted by atomic mass is 15.0. The maximum atomic E-state index is 5.83. The summed E-state index contributed by atoms with van der Waals surface area (Å²) in [6.07, 6.45) is 4.22. The van der Waals surface area contributed by atoms with Crippen LogP contribution in [-0.2, 0) is 13.1 Å². The largest absolute Gasteiger partial charge is 0.399 e. The van der Waals surface area contributed by atoms with E-state index in [0.29, 0.717) is 0 Å². The van der Waals surface area contributed by atoms with Gasteiger partial charge in [0.15, 0.2) is 0 Å². The summed E-state index contributed by atoms with van der Waals surface area (Å²) in [6.45, 7) is 1.77. The molecule has 0 amide bonds. The lowest BCUT2D eigenvalue weighted by Gasteiger charge is -2.06. The Hall–Kier alpha value is -4.44. The van der Waals surface area contributed by atoms with Gasteiger partial charge in [-0.25, -0.2) is 0 Å². The summed E-state index contributed by atoms with van der Waals surface area (Å²) in [5.74, 6) is 0. The van der Waals surface area contributed by atoms with E-state index in [1.807, 2.05) is 36.4 Å². The Kier molecular flexibility index (Phi) is 6.04. The molecule has 2 aromatic heterocycles. The molecule has 0 saturated carbocycles. The number of benzene rings is 4. The molecule has 0 saturated heterocycles. The predicted octanol–water partition coefficient (Wildman–Crippen LogP) is 6.54. The van der Waals surface area contributed by atoms with E-state index in [1.54, 1.807) is 0 Å². The lowest BCUT2D eigenvalue weighted by molar-refractivity contribution is 0.837. The number of rotatable bonds is 4. The van der Waals surface area contributed by atoms with Gasteiger partial charge < -0.3 is 20.6 Å². The highest BCUT2D eigenvalue weighted by Crippen LogP contribution is 2.21. The average Bonchev–Trinajstić information content (AvgIpc) is 3.44. The van der Waals surface area contributed by atoms with Gasteiger partial charge in [0.2, 0.25) is 0 Å². The van der Waals surface area contributed by atoms with Crippen molar-refractivity contribution in [3.63, 3.8) is 0 Å². The number of anilines is 2. The fraction of sp³-hybridized carbons (Fsp3) is 0.0667. The highest BCUT2D eigenvalue weighted by molar-refractivity contribution is 5.84. The Labute approximate surface area is 199 Å². The minimum absolute atomic E-state index is 0.811. The van der Waals surface area contributed by atoms with E-state index in [0.717, 1.165) is 24.5 Å². The van der Waals surface area contributed by atoms with E-state index in [4.69, 9.17) is 11.5 Å². The van der Waals surface area contributed by atoms with Crippen LogP contribution in [0.5, 0.6) is 0 Å². The van der Waals surface area contributed by atoms with Crippen molar-refractivity contribution in [2.45, 2.75) is 13.1 Å². The molecule has 0 radical (unpaired) electrons. The fourth-order valence-corrected chi connectivity index (χ4v) is 4.24. The normalized spacial score (nSPS) is 10.8. The van der Waals surface area contributed by atoms with Crippen molar-refractivity contribution in [2.24, 2.45) is 0 Å². The first kappa shape index (κ1) is 21.4. The van der Waals surface area contributed by atoms with E-state index in [1.165, 1.54) is 32.9 Å². The van der Waals surface area contributed by atoms with Crippen LogP contribution in [0.1, 0.15) is 11.1 Å². The summed E-state index contributed by atoms with van der Waals surface area (Å²) >= 11 is 0. The van der Waals surface area contributed by atoms with Crippen LogP contribution in [0, 0.1) is 0 Å². The standard InChI is InChI=1S/2C15H14N2/c2*16-14-7-6-13-8-9-17(15(13)10-14)11-12-4-2-1-3-5-12/h2*1-10H,11,16H2. The summed E-state index contributed by atoms with van der Waals surface area (Å²) < 4.78 is 4.45. The Morgan fingerprint density at radius 1 is 0.471 bits per heavy atom. The van der Waals surface area contributed by atoms with Crippen LogP contribution >= 0.6 is 0 Å². The number of fused-ring (bicyclic) bond motifs is 2. The maximum Gasteiger partial charge on any atom is 0.0504 e. The third kappa shape index (κ3) is 4.81. The number of aromatic nitrogens is 2. The number of hydrogen-bond donors (Lipinski definition) is 2. The predicted molar refractivity (Wildman–Crippen MR) is 144 cm³/mol. The number of nitrogen functional groups attached to an aromatic ring is 2. The molecule has 168 valence electrons. The molecule has 0 spiro atoms. The van der Waals surface area contributed by atoms with Crippen LogP contribution in [0.25, 0.3) is 21.8 Å². The summed E-state index contributed by atoms with van der Waals surface area (Å²) in [7, 11) is 0. The monoisotopic (exact) mass is 444 g/mol. The molecule has 0 unspecified atom stereocenters. The second-order valence-electron chi connectivity index (χ2n) is 8.49. The lowest BCUT2D eigenvalue weighted by Crippen LogP contribution is -1.97. The number of hydrogen-bond acceptors (Lipinski definition) is 2. The Morgan fingerprint density at radius 3 is 1.29 bits per heavy atom. The summed E-state index contributed by atoms with van der Waals surface area (Å²) in [6, 6.07) is 37.2. The summed E-state index contributed by atoms with van der Waals surface area (Å²) in [5.41, 5.74) is 18.3.